The molecule has 0 aliphatic carbocycles. The molecule has 0 aromatic heterocycles. The van der Waals surface area contributed by atoms with Crippen LogP contribution >= 0.6 is 0 Å². The summed E-state index contributed by atoms with van der Waals surface area (Å²) < 4.78 is 5.15. The Morgan fingerprint density at radius 1 is 1.40 bits per heavy atom. The molecule has 0 radical (unpaired) electrons. The second-order valence-corrected chi connectivity index (χ2v) is 3.59. The average Bonchev–Trinajstić information content (AvgIpc) is 2.17. The molecule has 0 aliphatic rings. The van der Waals surface area contributed by atoms with Gasteiger partial charge >= 0.3 is 5.97 Å². The lowest BCUT2D eigenvalue weighted by molar-refractivity contribution is -0.148. The fourth-order valence-electron chi connectivity index (χ4n) is 1.43. The minimum Gasteiger partial charge on any atom is -0.458 e. The molecule has 15 heavy (non-hydrogen) atoms. The molecule has 1 aromatic rings. The monoisotopic (exact) mass is 208 g/mol. The fourth-order valence-corrected chi connectivity index (χ4v) is 1.43. The second-order valence-electron chi connectivity index (χ2n) is 3.59. The summed E-state index contributed by atoms with van der Waals surface area (Å²) in [5, 5.41) is 9.31. The van der Waals surface area contributed by atoms with Gasteiger partial charge < -0.3 is 9.84 Å². The molecule has 0 unspecified atom stereocenters. The van der Waals surface area contributed by atoms with Crippen molar-refractivity contribution < 1.29 is 14.6 Å². The van der Waals surface area contributed by atoms with Gasteiger partial charge in [-0.25, -0.2) is 0 Å². The largest absolute Gasteiger partial charge is 0.458 e. The Bertz CT molecular complexity index is 306. The van der Waals surface area contributed by atoms with Crippen LogP contribution < -0.4 is 0 Å². The zero-order chi connectivity index (χ0) is 11.3. The smallest absolute Gasteiger partial charge is 0.303 e. The van der Waals surface area contributed by atoms with Gasteiger partial charge in [-0.15, -0.1) is 0 Å². The van der Waals surface area contributed by atoms with Gasteiger partial charge in [0.05, 0.1) is 6.10 Å². The third-order valence-corrected chi connectivity index (χ3v) is 2.03. The molecule has 1 N–H and O–H groups in total. The maximum absolute atomic E-state index is 10.9. The zero-order valence-electron chi connectivity index (χ0n) is 9.01. The molecule has 0 amide bonds. The summed E-state index contributed by atoms with van der Waals surface area (Å²) in [5.41, 5.74) is 0.911. The topological polar surface area (TPSA) is 46.5 Å². The van der Waals surface area contributed by atoms with Gasteiger partial charge in [0, 0.05) is 13.3 Å². The minimum absolute atomic E-state index is 0.329. The first-order chi connectivity index (χ1) is 7.09. The Morgan fingerprint density at radius 3 is 2.47 bits per heavy atom. The first-order valence-electron chi connectivity index (χ1n) is 5.00. The van der Waals surface area contributed by atoms with E-state index in [1.807, 2.05) is 30.3 Å². The van der Waals surface area contributed by atoms with Gasteiger partial charge in [-0.3, -0.25) is 4.79 Å². The van der Waals surface area contributed by atoms with E-state index in [2.05, 4.69) is 0 Å². The van der Waals surface area contributed by atoms with Crippen molar-refractivity contribution in [1.29, 1.82) is 0 Å². The van der Waals surface area contributed by atoms with Crippen LogP contribution in [0.5, 0.6) is 0 Å². The summed E-state index contributed by atoms with van der Waals surface area (Å²) in [6.45, 7) is 3.05. The van der Waals surface area contributed by atoms with Crippen LogP contribution in [-0.2, 0) is 9.53 Å². The number of benzene rings is 1. The van der Waals surface area contributed by atoms with E-state index in [0.717, 1.165) is 5.56 Å². The summed E-state index contributed by atoms with van der Waals surface area (Å²) >= 11 is 0. The van der Waals surface area contributed by atoms with E-state index < -0.39 is 6.10 Å². The van der Waals surface area contributed by atoms with Crippen LogP contribution in [0.25, 0.3) is 0 Å². The molecule has 2 atom stereocenters. The van der Waals surface area contributed by atoms with E-state index in [1.165, 1.54) is 6.92 Å². The number of rotatable bonds is 4. The van der Waals surface area contributed by atoms with E-state index in [4.69, 9.17) is 4.74 Å². The molecule has 0 heterocycles. The summed E-state index contributed by atoms with van der Waals surface area (Å²) in [5.74, 6) is -0.329. The summed E-state index contributed by atoms with van der Waals surface area (Å²) in [4.78, 5) is 10.9. The van der Waals surface area contributed by atoms with Gasteiger partial charge in [-0.2, -0.15) is 0 Å². The first kappa shape index (κ1) is 11.7. The number of aliphatic hydroxyl groups excluding tert-OH is 1. The van der Waals surface area contributed by atoms with Gasteiger partial charge in [0.15, 0.2) is 0 Å². The van der Waals surface area contributed by atoms with E-state index in [1.54, 1.807) is 6.92 Å². The lowest BCUT2D eigenvalue weighted by atomic mass is 10.0. The van der Waals surface area contributed by atoms with Crippen molar-refractivity contribution in [3.05, 3.63) is 35.9 Å². The molecule has 3 nitrogen and oxygen atoms in total. The lowest BCUT2D eigenvalue weighted by Gasteiger charge is -2.18. The standard InChI is InChI=1S/C12H16O3/c1-9(13)8-12(15-10(2)14)11-6-4-3-5-7-11/h3-7,9,12-13H,8H2,1-2H3/t9-,12-/m1/s1. The van der Waals surface area contributed by atoms with Crippen molar-refractivity contribution in [1.82, 2.24) is 0 Å². The number of carbonyl (C=O) groups is 1. The number of aliphatic hydroxyl groups is 1. The number of hydrogen-bond acceptors (Lipinski definition) is 3. The quantitative estimate of drug-likeness (QED) is 0.770. The van der Waals surface area contributed by atoms with Crippen molar-refractivity contribution in [3.8, 4) is 0 Å². The Labute approximate surface area is 89.7 Å². The predicted octanol–water partition coefficient (Wildman–Crippen LogP) is 2.06. The number of hydrogen-bond donors (Lipinski definition) is 1. The molecule has 0 aliphatic heterocycles. The lowest BCUT2D eigenvalue weighted by Crippen LogP contribution is -2.14. The van der Waals surface area contributed by atoms with Crippen molar-refractivity contribution in [2.24, 2.45) is 0 Å². The number of carbonyl (C=O) groups excluding carboxylic acids is 1. The Hall–Kier alpha value is -1.35. The highest BCUT2D eigenvalue weighted by atomic mass is 16.5. The van der Waals surface area contributed by atoms with Crippen molar-refractivity contribution in [3.63, 3.8) is 0 Å². The summed E-state index contributed by atoms with van der Waals surface area (Å²) in [7, 11) is 0. The van der Waals surface area contributed by atoms with Gasteiger partial charge in [0.2, 0.25) is 0 Å². The molecule has 1 rings (SSSR count). The SMILES string of the molecule is CC(=O)O[C@H](C[C@@H](C)O)c1ccccc1. The van der Waals surface area contributed by atoms with Gasteiger partial charge in [-0.1, -0.05) is 30.3 Å². The van der Waals surface area contributed by atoms with E-state index in [-0.39, 0.29) is 12.1 Å². The van der Waals surface area contributed by atoms with E-state index in [9.17, 15) is 9.90 Å². The first-order valence-corrected chi connectivity index (χ1v) is 5.00. The van der Waals surface area contributed by atoms with Crippen LogP contribution in [0.3, 0.4) is 0 Å². The molecule has 0 fully saturated rings. The highest BCUT2D eigenvalue weighted by molar-refractivity contribution is 5.66. The van der Waals surface area contributed by atoms with Crippen LogP contribution in [0.1, 0.15) is 31.9 Å². The summed E-state index contributed by atoms with van der Waals surface area (Å²) in [6.07, 6.45) is -0.429. The Morgan fingerprint density at radius 2 is 2.00 bits per heavy atom. The minimum atomic E-state index is -0.491. The van der Waals surface area contributed by atoms with Gasteiger partial charge in [-0.05, 0) is 12.5 Å². The molecule has 3 heteroatoms. The van der Waals surface area contributed by atoms with Gasteiger partial charge in [0.25, 0.3) is 0 Å². The van der Waals surface area contributed by atoms with Crippen LogP contribution in [-0.4, -0.2) is 17.2 Å². The maximum atomic E-state index is 10.9. The Kier molecular flexibility index (Phi) is 4.31. The van der Waals surface area contributed by atoms with Crippen LogP contribution in [0.2, 0.25) is 0 Å². The van der Waals surface area contributed by atoms with Crippen molar-refractivity contribution >= 4 is 5.97 Å². The molecule has 1 aromatic carbocycles. The zero-order valence-corrected chi connectivity index (χ0v) is 9.01. The molecule has 0 spiro atoms. The normalized spacial score (nSPS) is 14.3. The Balaban J connectivity index is 2.76. The second kappa shape index (κ2) is 5.51. The van der Waals surface area contributed by atoms with Gasteiger partial charge in [0.1, 0.15) is 6.10 Å². The average molecular weight is 208 g/mol. The van der Waals surface area contributed by atoms with E-state index >= 15 is 0 Å². The third-order valence-electron chi connectivity index (χ3n) is 2.03. The molecular weight excluding hydrogens is 192 g/mol. The number of ether oxygens (including phenoxy) is 1. The van der Waals surface area contributed by atoms with Crippen molar-refractivity contribution in [2.75, 3.05) is 0 Å². The van der Waals surface area contributed by atoms with E-state index in [0.29, 0.717) is 6.42 Å². The third kappa shape index (κ3) is 4.13. The van der Waals surface area contributed by atoms with Crippen molar-refractivity contribution in [2.45, 2.75) is 32.5 Å². The molecule has 82 valence electrons. The molecule has 0 saturated heterocycles. The predicted molar refractivity (Wildman–Crippen MR) is 57.2 cm³/mol. The number of esters is 1. The van der Waals surface area contributed by atoms with Crippen LogP contribution in [0.4, 0.5) is 0 Å². The maximum Gasteiger partial charge on any atom is 0.303 e. The molecular formula is C12H16O3. The highest BCUT2D eigenvalue weighted by Crippen LogP contribution is 2.22. The summed E-state index contributed by atoms with van der Waals surface area (Å²) in [6, 6.07) is 9.43. The fraction of sp³-hybridized carbons (Fsp3) is 0.417. The molecule has 0 saturated carbocycles. The highest BCUT2D eigenvalue weighted by Gasteiger charge is 2.16. The molecule has 0 bridgehead atoms. The van der Waals surface area contributed by atoms with Crippen LogP contribution in [0, 0.1) is 0 Å². The van der Waals surface area contributed by atoms with Crippen LogP contribution in [0.15, 0.2) is 30.3 Å².